The molecule has 88 valence electrons. The quantitative estimate of drug-likeness (QED) is 0.831. The number of thiazole rings is 1. The van der Waals surface area contributed by atoms with E-state index in [0.29, 0.717) is 10.6 Å². The van der Waals surface area contributed by atoms with Crippen molar-refractivity contribution in [2.45, 2.75) is 6.92 Å². The lowest BCUT2D eigenvalue weighted by Crippen LogP contribution is -2.03. The van der Waals surface area contributed by atoms with Crippen molar-refractivity contribution in [3.05, 3.63) is 35.0 Å². The van der Waals surface area contributed by atoms with Gasteiger partial charge in [0.25, 0.3) is 0 Å². The summed E-state index contributed by atoms with van der Waals surface area (Å²) >= 11 is 1.40. The average molecular weight is 249 g/mol. The minimum atomic E-state index is -0.465. The molecule has 0 atom stereocenters. The van der Waals surface area contributed by atoms with Crippen LogP contribution in [-0.2, 0) is 4.74 Å². The zero-order chi connectivity index (χ0) is 12.4. The third-order valence-electron chi connectivity index (χ3n) is 2.22. The highest BCUT2D eigenvalue weighted by Gasteiger charge is 2.18. The minimum absolute atomic E-state index is 0.157. The number of hydrogen-bond donors (Lipinski definition) is 1. The number of hydrogen-bond acceptors (Lipinski definition) is 5. The van der Waals surface area contributed by atoms with Gasteiger partial charge in [-0.2, -0.15) is 0 Å². The zero-order valence-electron chi connectivity index (χ0n) is 9.43. The number of aromatic nitrogens is 1. The van der Waals surface area contributed by atoms with E-state index in [9.17, 15) is 9.90 Å². The largest absolute Gasteiger partial charge is 0.508 e. The second-order valence-corrected chi connectivity index (χ2v) is 4.66. The van der Waals surface area contributed by atoms with Crippen molar-refractivity contribution < 1.29 is 14.6 Å². The second-order valence-electron chi connectivity index (χ2n) is 3.45. The third kappa shape index (κ3) is 2.29. The van der Waals surface area contributed by atoms with Crippen molar-refractivity contribution >= 4 is 17.3 Å². The molecule has 1 heterocycles. The number of benzene rings is 1. The molecule has 2 aromatic rings. The van der Waals surface area contributed by atoms with Gasteiger partial charge in [-0.1, -0.05) is 12.1 Å². The molecule has 0 amide bonds. The van der Waals surface area contributed by atoms with E-state index in [0.717, 1.165) is 10.6 Å². The minimum Gasteiger partial charge on any atom is -0.508 e. The standard InChI is InChI=1S/C12H11NO3S/c1-7-13-10(12(15)16-2)11(17-7)8-4-3-5-9(14)6-8/h3-6,14H,1-2H3. The second kappa shape index (κ2) is 4.55. The number of carbonyl (C=O) groups excluding carboxylic acids is 1. The van der Waals surface area contributed by atoms with Crippen LogP contribution in [0.2, 0.25) is 0 Å². The molecule has 0 fully saturated rings. The Kier molecular flexibility index (Phi) is 3.10. The zero-order valence-corrected chi connectivity index (χ0v) is 10.2. The van der Waals surface area contributed by atoms with E-state index in [2.05, 4.69) is 9.72 Å². The fourth-order valence-corrected chi connectivity index (χ4v) is 2.41. The summed E-state index contributed by atoms with van der Waals surface area (Å²) in [5, 5.41) is 10.2. The first-order chi connectivity index (χ1) is 8.11. The number of carbonyl (C=O) groups is 1. The number of nitrogens with zero attached hydrogens (tertiary/aromatic N) is 1. The molecule has 0 aliphatic heterocycles. The molecule has 0 saturated heterocycles. The maximum atomic E-state index is 11.6. The summed E-state index contributed by atoms with van der Waals surface area (Å²) in [6.07, 6.45) is 0. The molecule has 0 aliphatic rings. The predicted octanol–water partition coefficient (Wildman–Crippen LogP) is 2.61. The van der Waals surface area contributed by atoms with Crippen LogP contribution in [0.25, 0.3) is 10.4 Å². The number of aromatic hydroxyl groups is 1. The van der Waals surface area contributed by atoms with Gasteiger partial charge in [0.15, 0.2) is 5.69 Å². The van der Waals surface area contributed by atoms with Gasteiger partial charge in [0.05, 0.1) is 17.0 Å². The normalized spacial score (nSPS) is 10.2. The Labute approximate surface area is 103 Å². The lowest BCUT2D eigenvalue weighted by Gasteiger charge is -2.01. The van der Waals surface area contributed by atoms with Crippen molar-refractivity contribution in [1.82, 2.24) is 4.98 Å². The fraction of sp³-hybridized carbons (Fsp3) is 0.167. The third-order valence-corrected chi connectivity index (χ3v) is 3.24. The first kappa shape index (κ1) is 11.6. The molecule has 4 nitrogen and oxygen atoms in total. The number of methoxy groups -OCH3 is 1. The topological polar surface area (TPSA) is 59.4 Å². The summed E-state index contributed by atoms with van der Waals surface area (Å²) in [6.45, 7) is 1.82. The van der Waals surface area contributed by atoms with Gasteiger partial charge in [-0.05, 0) is 24.6 Å². The van der Waals surface area contributed by atoms with Gasteiger partial charge in [0, 0.05) is 0 Å². The number of phenolic OH excluding ortho intramolecular Hbond substituents is 1. The fourth-order valence-electron chi connectivity index (χ4n) is 1.50. The highest BCUT2D eigenvalue weighted by Crippen LogP contribution is 2.32. The van der Waals surface area contributed by atoms with E-state index >= 15 is 0 Å². The van der Waals surface area contributed by atoms with Crippen molar-refractivity contribution in [2.75, 3.05) is 7.11 Å². The van der Waals surface area contributed by atoms with E-state index in [1.54, 1.807) is 18.2 Å². The van der Waals surface area contributed by atoms with Crippen LogP contribution in [0.4, 0.5) is 0 Å². The maximum Gasteiger partial charge on any atom is 0.358 e. The van der Waals surface area contributed by atoms with Gasteiger partial charge in [0.2, 0.25) is 0 Å². The molecule has 1 N–H and O–H groups in total. The summed E-state index contributed by atoms with van der Waals surface area (Å²) < 4.78 is 4.68. The summed E-state index contributed by atoms with van der Waals surface area (Å²) in [7, 11) is 1.32. The highest BCUT2D eigenvalue weighted by molar-refractivity contribution is 7.15. The molecule has 0 aliphatic carbocycles. The SMILES string of the molecule is COC(=O)c1nc(C)sc1-c1cccc(O)c1. The van der Waals surface area contributed by atoms with E-state index in [-0.39, 0.29) is 5.75 Å². The van der Waals surface area contributed by atoms with Crippen LogP contribution in [-0.4, -0.2) is 23.2 Å². The molecule has 0 unspecified atom stereocenters. The Hall–Kier alpha value is -1.88. The Morgan fingerprint density at radius 2 is 2.24 bits per heavy atom. The molecule has 17 heavy (non-hydrogen) atoms. The van der Waals surface area contributed by atoms with E-state index in [1.807, 2.05) is 13.0 Å². The first-order valence-electron chi connectivity index (χ1n) is 4.97. The van der Waals surface area contributed by atoms with Crippen LogP contribution in [0.5, 0.6) is 5.75 Å². The Morgan fingerprint density at radius 3 is 2.88 bits per heavy atom. The van der Waals surface area contributed by atoms with Gasteiger partial charge in [-0.15, -0.1) is 11.3 Å². The van der Waals surface area contributed by atoms with Crippen LogP contribution in [0.1, 0.15) is 15.5 Å². The Balaban J connectivity index is 2.55. The predicted molar refractivity (Wildman–Crippen MR) is 65.3 cm³/mol. The summed E-state index contributed by atoms with van der Waals surface area (Å²) in [5.41, 5.74) is 1.05. The van der Waals surface area contributed by atoms with Gasteiger partial charge >= 0.3 is 5.97 Å². The number of rotatable bonds is 2. The van der Waals surface area contributed by atoms with E-state index in [1.165, 1.54) is 18.4 Å². The summed E-state index contributed by atoms with van der Waals surface area (Å²) in [4.78, 5) is 16.4. The van der Waals surface area contributed by atoms with Crippen molar-refractivity contribution in [3.8, 4) is 16.2 Å². The van der Waals surface area contributed by atoms with Crippen LogP contribution >= 0.6 is 11.3 Å². The molecule has 2 rings (SSSR count). The highest BCUT2D eigenvalue weighted by atomic mass is 32.1. The van der Waals surface area contributed by atoms with Gasteiger partial charge in [0.1, 0.15) is 5.75 Å². The van der Waals surface area contributed by atoms with Crippen molar-refractivity contribution in [1.29, 1.82) is 0 Å². The van der Waals surface area contributed by atoms with Crippen LogP contribution < -0.4 is 0 Å². The van der Waals surface area contributed by atoms with E-state index in [4.69, 9.17) is 0 Å². The molecule has 1 aromatic heterocycles. The summed E-state index contributed by atoms with van der Waals surface area (Å²) in [5.74, 6) is -0.308. The number of esters is 1. The number of aryl methyl sites for hydroxylation is 1. The smallest absolute Gasteiger partial charge is 0.358 e. The number of ether oxygens (including phenoxy) is 1. The van der Waals surface area contributed by atoms with Gasteiger partial charge in [-0.3, -0.25) is 0 Å². The average Bonchev–Trinajstić information content (AvgIpc) is 2.70. The molecule has 5 heteroatoms. The number of phenols is 1. The van der Waals surface area contributed by atoms with Crippen LogP contribution in [0, 0.1) is 6.92 Å². The van der Waals surface area contributed by atoms with Gasteiger partial charge < -0.3 is 9.84 Å². The van der Waals surface area contributed by atoms with Crippen molar-refractivity contribution in [2.24, 2.45) is 0 Å². The molecule has 0 saturated carbocycles. The lowest BCUT2D eigenvalue weighted by atomic mass is 10.1. The van der Waals surface area contributed by atoms with Crippen LogP contribution in [0.15, 0.2) is 24.3 Å². The molecule has 0 spiro atoms. The maximum absolute atomic E-state index is 11.6. The Morgan fingerprint density at radius 1 is 1.47 bits per heavy atom. The molecule has 1 aromatic carbocycles. The van der Waals surface area contributed by atoms with Crippen molar-refractivity contribution in [3.63, 3.8) is 0 Å². The summed E-state index contributed by atoms with van der Waals surface area (Å²) in [6, 6.07) is 6.72. The monoisotopic (exact) mass is 249 g/mol. The van der Waals surface area contributed by atoms with Gasteiger partial charge in [-0.25, -0.2) is 9.78 Å². The van der Waals surface area contributed by atoms with E-state index < -0.39 is 5.97 Å². The Bertz CT molecular complexity index is 563. The molecular formula is C12H11NO3S. The molecule has 0 bridgehead atoms. The molecule has 0 radical (unpaired) electrons. The lowest BCUT2D eigenvalue weighted by molar-refractivity contribution is 0.0595. The van der Waals surface area contributed by atoms with Crippen LogP contribution in [0.3, 0.4) is 0 Å². The first-order valence-corrected chi connectivity index (χ1v) is 5.78. The molecular weight excluding hydrogens is 238 g/mol.